The summed E-state index contributed by atoms with van der Waals surface area (Å²) in [5, 5.41) is 2.80. The summed E-state index contributed by atoms with van der Waals surface area (Å²) in [5.41, 5.74) is 2.47. The number of benzene rings is 2. The molecule has 128 valence electrons. The normalized spacial score (nSPS) is 11.2. The smallest absolute Gasteiger partial charge is 0.252 e. The summed E-state index contributed by atoms with van der Waals surface area (Å²) in [6.45, 7) is 2.30. The predicted molar refractivity (Wildman–Crippen MR) is 105 cm³/mol. The van der Waals surface area contributed by atoms with E-state index in [-0.39, 0.29) is 17.4 Å². The van der Waals surface area contributed by atoms with Gasteiger partial charge in [0.15, 0.2) is 9.84 Å². The lowest BCUT2D eigenvalue weighted by Crippen LogP contribution is -2.27. The van der Waals surface area contributed by atoms with Crippen LogP contribution in [-0.2, 0) is 15.6 Å². The fourth-order valence-electron chi connectivity index (χ4n) is 2.31. The third-order valence-electron chi connectivity index (χ3n) is 3.58. The molecule has 0 bridgehead atoms. The summed E-state index contributed by atoms with van der Waals surface area (Å²) in [4.78, 5) is 12.2. The Bertz CT molecular complexity index is 804. The standard InChI is InChI=1S/C18H20INO3S/c1-14-7-5-10-16(17(14)19)18(21)20-11-6-12-24(22,23)13-15-8-3-2-4-9-15/h2-5,7-10H,6,11-13H2,1H3,(H,20,21). The quantitative estimate of drug-likeness (QED) is 0.513. The minimum Gasteiger partial charge on any atom is -0.352 e. The third-order valence-corrected chi connectivity index (χ3v) is 6.70. The SMILES string of the molecule is Cc1cccc(C(=O)NCCCS(=O)(=O)Cc2ccccc2)c1I. The van der Waals surface area contributed by atoms with Crippen molar-refractivity contribution in [2.45, 2.75) is 19.1 Å². The Morgan fingerprint density at radius 3 is 2.50 bits per heavy atom. The van der Waals surface area contributed by atoms with Gasteiger partial charge in [0.25, 0.3) is 5.91 Å². The monoisotopic (exact) mass is 457 g/mol. The van der Waals surface area contributed by atoms with Crippen molar-refractivity contribution < 1.29 is 13.2 Å². The molecule has 0 spiro atoms. The van der Waals surface area contributed by atoms with Gasteiger partial charge in [0.2, 0.25) is 0 Å². The van der Waals surface area contributed by atoms with Gasteiger partial charge in [0, 0.05) is 10.1 Å². The van der Waals surface area contributed by atoms with Crippen LogP contribution in [0.3, 0.4) is 0 Å². The molecular weight excluding hydrogens is 437 g/mol. The zero-order valence-corrected chi connectivity index (χ0v) is 16.4. The Morgan fingerprint density at radius 1 is 1.08 bits per heavy atom. The van der Waals surface area contributed by atoms with E-state index in [1.807, 2.05) is 37.3 Å². The Balaban J connectivity index is 1.82. The van der Waals surface area contributed by atoms with Crippen LogP contribution in [0.2, 0.25) is 0 Å². The molecule has 2 rings (SSSR count). The van der Waals surface area contributed by atoms with Gasteiger partial charge in [-0.3, -0.25) is 4.79 Å². The van der Waals surface area contributed by atoms with Crippen molar-refractivity contribution in [2.24, 2.45) is 0 Å². The van der Waals surface area contributed by atoms with Crippen LogP contribution < -0.4 is 5.32 Å². The van der Waals surface area contributed by atoms with Crippen molar-refractivity contribution in [1.82, 2.24) is 5.32 Å². The van der Waals surface area contributed by atoms with E-state index in [2.05, 4.69) is 27.9 Å². The first-order chi connectivity index (χ1) is 11.4. The van der Waals surface area contributed by atoms with Crippen LogP contribution in [0.4, 0.5) is 0 Å². The van der Waals surface area contributed by atoms with E-state index in [0.29, 0.717) is 18.5 Å². The van der Waals surface area contributed by atoms with Crippen molar-refractivity contribution in [3.63, 3.8) is 0 Å². The number of sulfone groups is 1. The Morgan fingerprint density at radius 2 is 1.79 bits per heavy atom. The number of hydrogen-bond donors (Lipinski definition) is 1. The highest BCUT2D eigenvalue weighted by Gasteiger charge is 2.13. The highest BCUT2D eigenvalue weighted by atomic mass is 127. The molecule has 0 saturated carbocycles. The summed E-state index contributed by atoms with van der Waals surface area (Å²) in [5.74, 6) is -0.0615. The molecule has 2 aromatic carbocycles. The number of hydrogen-bond acceptors (Lipinski definition) is 3. The second kappa shape index (κ2) is 8.62. The zero-order chi connectivity index (χ0) is 17.6. The fourth-order valence-corrected chi connectivity index (χ4v) is 4.35. The van der Waals surface area contributed by atoms with E-state index in [1.165, 1.54) is 0 Å². The number of carbonyl (C=O) groups excluding carboxylic acids is 1. The molecule has 0 heterocycles. The molecule has 0 saturated heterocycles. The van der Waals surface area contributed by atoms with Gasteiger partial charge in [-0.1, -0.05) is 42.5 Å². The molecule has 0 aliphatic rings. The van der Waals surface area contributed by atoms with Crippen LogP contribution in [0.25, 0.3) is 0 Å². The summed E-state index contributed by atoms with van der Waals surface area (Å²) in [6, 6.07) is 14.7. The van der Waals surface area contributed by atoms with Crippen molar-refractivity contribution in [3.05, 3.63) is 68.8 Å². The fraction of sp³-hybridized carbons (Fsp3) is 0.278. The van der Waals surface area contributed by atoms with Crippen LogP contribution in [-0.4, -0.2) is 26.6 Å². The van der Waals surface area contributed by atoms with E-state index in [9.17, 15) is 13.2 Å². The maximum Gasteiger partial charge on any atom is 0.252 e. The van der Waals surface area contributed by atoms with E-state index in [4.69, 9.17) is 0 Å². The molecule has 0 radical (unpaired) electrons. The van der Waals surface area contributed by atoms with E-state index in [0.717, 1.165) is 14.7 Å². The van der Waals surface area contributed by atoms with Crippen molar-refractivity contribution in [3.8, 4) is 0 Å². The van der Waals surface area contributed by atoms with Gasteiger partial charge in [-0.05, 0) is 53.1 Å². The number of nitrogens with one attached hydrogen (secondary N) is 1. The molecule has 0 aliphatic carbocycles. The average Bonchev–Trinajstić information content (AvgIpc) is 2.54. The maximum absolute atomic E-state index is 12.2. The molecule has 24 heavy (non-hydrogen) atoms. The van der Waals surface area contributed by atoms with E-state index < -0.39 is 9.84 Å². The summed E-state index contributed by atoms with van der Waals surface area (Å²) >= 11 is 2.15. The van der Waals surface area contributed by atoms with Crippen LogP contribution in [0.5, 0.6) is 0 Å². The average molecular weight is 457 g/mol. The number of aryl methyl sites for hydroxylation is 1. The molecule has 1 amide bonds. The van der Waals surface area contributed by atoms with Crippen LogP contribution >= 0.6 is 22.6 Å². The topological polar surface area (TPSA) is 63.2 Å². The lowest BCUT2D eigenvalue weighted by Gasteiger charge is -2.09. The van der Waals surface area contributed by atoms with E-state index in [1.54, 1.807) is 18.2 Å². The minimum absolute atomic E-state index is 0.0393. The van der Waals surface area contributed by atoms with Gasteiger partial charge in [0.1, 0.15) is 0 Å². The predicted octanol–water partition coefficient (Wildman–Crippen LogP) is 3.33. The molecule has 1 N–H and O–H groups in total. The van der Waals surface area contributed by atoms with Gasteiger partial charge in [-0.2, -0.15) is 0 Å². The van der Waals surface area contributed by atoms with Crippen LogP contribution in [0, 0.1) is 10.5 Å². The summed E-state index contributed by atoms with van der Waals surface area (Å²) in [7, 11) is -3.16. The maximum atomic E-state index is 12.2. The van der Waals surface area contributed by atoms with Gasteiger partial charge >= 0.3 is 0 Å². The third kappa shape index (κ3) is 5.59. The first kappa shape index (κ1) is 18.9. The van der Waals surface area contributed by atoms with Gasteiger partial charge in [-0.25, -0.2) is 8.42 Å². The lowest BCUT2D eigenvalue weighted by atomic mass is 10.1. The first-order valence-corrected chi connectivity index (χ1v) is 10.6. The molecule has 2 aromatic rings. The number of halogens is 1. The lowest BCUT2D eigenvalue weighted by molar-refractivity contribution is 0.0952. The highest BCUT2D eigenvalue weighted by molar-refractivity contribution is 14.1. The molecule has 0 unspecified atom stereocenters. The van der Waals surface area contributed by atoms with Crippen molar-refractivity contribution >= 4 is 38.3 Å². The molecular formula is C18H20INO3S. The van der Waals surface area contributed by atoms with Crippen LogP contribution in [0.15, 0.2) is 48.5 Å². The largest absolute Gasteiger partial charge is 0.352 e. The Kier molecular flexibility index (Phi) is 6.79. The van der Waals surface area contributed by atoms with Crippen molar-refractivity contribution in [2.75, 3.05) is 12.3 Å². The van der Waals surface area contributed by atoms with Crippen LogP contribution in [0.1, 0.15) is 27.9 Å². The molecule has 6 heteroatoms. The number of amides is 1. The van der Waals surface area contributed by atoms with Crippen molar-refractivity contribution in [1.29, 1.82) is 0 Å². The zero-order valence-electron chi connectivity index (χ0n) is 13.5. The molecule has 0 aromatic heterocycles. The molecule has 4 nitrogen and oxygen atoms in total. The summed E-state index contributed by atoms with van der Waals surface area (Å²) in [6.07, 6.45) is 0.406. The number of carbonyl (C=O) groups is 1. The number of rotatable bonds is 7. The van der Waals surface area contributed by atoms with Gasteiger partial charge in [0.05, 0.1) is 17.1 Å². The first-order valence-electron chi connectivity index (χ1n) is 7.67. The Hall–Kier alpha value is -1.41. The summed E-state index contributed by atoms with van der Waals surface area (Å²) < 4.78 is 25.1. The second-order valence-electron chi connectivity index (χ2n) is 5.62. The van der Waals surface area contributed by atoms with Gasteiger partial charge < -0.3 is 5.32 Å². The second-order valence-corrected chi connectivity index (χ2v) is 8.89. The van der Waals surface area contributed by atoms with E-state index >= 15 is 0 Å². The molecule has 0 fully saturated rings. The molecule has 0 atom stereocenters. The highest BCUT2D eigenvalue weighted by Crippen LogP contribution is 2.16. The molecule has 0 aliphatic heterocycles. The Labute approximate surface area is 156 Å². The minimum atomic E-state index is -3.16. The van der Waals surface area contributed by atoms with Gasteiger partial charge in [-0.15, -0.1) is 0 Å².